The molecule has 2 aromatic carbocycles. The average molecular weight is 372 g/mol. The maximum Gasteiger partial charge on any atom is 0.326 e. The minimum Gasteiger partial charge on any atom is -0.456 e. The van der Waals surface area contributed by atoms with Crippen molar-refractivity contribution in [3.8, 4) is 0 Å². The number of aromatic nitrogens is 2. The Morgan fingerprint density at radius 1 is 1.15 bits per heavy atom. The van der Waals surface area contributed by atoms with Crippen molar-refractivity contribution >= 4 is 34.5 Å². The number of Topliss-reactive ketones (excluding diaryl/α,β-unsaturated/α-hetero) is 1. The third kappa shape index (κ3) is 4.11. The topological polar surface area (TPSA) is 61.2 Å². The molecule has 0 unspecified atom stereocenters. The number of rotatable bonds is 7. The summed E-state index contributed by atoms with van der Waals surface area (Å²) in [6, 6.07) is 12.7. The number of thioether (sulfide) groups is 1. The molecule has 0 bridgehead atoms. The quantitative estimate of drug-likeness (QED) is 0.469. The van der Waals surface area contributed by atoms with Crippen LogP contribution in [0.5, 0.6) is 0 Å². The Morgan fingerprint density at radius 3 is 2.62 bits per heavy atom. The van der Waals surface area contributed by atoms with Crippen molar-refractivity contribution in [2.45, 2.75) is 12.3 Å². The highest BCUT2D eigenvalue weighted by Crippen LogP contribution is 2.19. The first-order chi connectivity index (χ1) is 12.6. The molecule has 0 spiro atoms. The third-order valence-electron chi connectivity index (χ3n) is 3.82. The van der Waals surface area contributed by atoms with Crippen LogP contribution in [0.15, 0.2) is 48.5 Å². The molecule has 0 fully saturated rings. The maximum absolute atomic E-state index is 12.9. The molecule has 5 nitrogen and oxygen atoms in total. The Hall–Kier alpha value is -2.67. The lowest BCUT2D eigenvalue weighted by atomic mass is 10.1. The van der Waals surface area contributed by atoms with E-state index in [0.717, 1.165) is 16.9 Å². The van der Waals surface area contributed by atoms with Crippen molar-refractivity contribution in [2.24, 2.45) is 0 Å². The molecular formula is C19H17FN2O3S. The second-order valence-corrected chi connectivity index (χ2v) is 6.49. The number of hydrogen-bond acceptors (Lipinski definition) is 5. The zero-order valence-electron chi connectivity index (χ0n) is 14.1. The fourth-order valence-electron chi connectivity index (χ4n) is 2.58. The van der Waals surface area contributed by atoms with E-state index in [9.17, 15) is 14.0 Å². The summed E-state index contributed by atoms with van der Waals surface area (Å²) in [6.45, 7) is -0.401. The van der Waals surface area contributed by atoms with Crippen LogP contribution in [0, 0.1) is 5.82 Å². The minimum atomic E-state index is -0.522. The van der Waals surface area contributed by atoms with Crippen molar-refractivity contribution in [2.75, 3.05) is 12.9 Å². The number of hydrogen-bond donors (Lipinski definition) is 0. The Kier molecular flexibility index (Phi) is 5.68. The molecule has 0 atom stereocenters. The van der Waals surface area contributed by atoms with Crippen LogP contribution in [0.4, 0.5) is 4.39 Å². The number of halogens is 1. The number of ether oxygens (including phenoxy) is 1. The summed E-state index contributed by atoms with van der Waals surface area (Å²) in [5.41, 5.74) is 1.96. The van der Waals surface area contributed by atoms with E-state index in [0.29, 0.717) is 11.3 Å². The number of esters is 1. The maximum atomic E-state index is 12.9. The van der Waals surface area contributed by atoms with Gasteiger partial charge < -0.3 is 9.30 Å². The lowest BCUT2D eigenvalue weighted by Crippen LogP contribution is -2.19. The fourth-order valence-corrected chi connectivity index (χ4v) is 3.06. The molecule has 0 N–H and O–H groups in total. The molecule has 0 aliphatic carbocycles. The van der Waals surface area contributed by atoms with Gasteiger partial charge in [-0.2, -0.15) is 11.8 Å². The summed E-state index contributed by atoms with van der Waals surface area (Å²) in [4.78, 5) is 28.8. The molecule has 26 heavy (non-hydrogen) atoms. The molecule has 1 aromatic heterocycles. The lowest BCUT2D eigenvalue weighted by molar-refractivity contribution is -0.143. The molecule has 7 heteroatoms. The molecule has 0 aliphatic rings. The van der Waals surface area contributed by atoms with Crippen LogP contribution in [0.2, 0.25) is 0 Å². The number of benzene rings is 2. The van der Waals surface area contributed by atoms with Crippen LogP contribution < -0.4 is 0 Å². The van der Waals surface area contributed by atoms with Gasteiger partial charge in [0.2, 0.25) is 0 Å². The normalized spacial score (nSPS) is 10.8. The van der Waals surface area contributed by atoms with Crippen LogP contribution in [0.3, 0.4) is 0 Å². The second-order valence-electron chi connectivity index (χ2n) is 5.63. The number of carbonyl (C=O) groups is 2. The predicted octanol–water partition coefficient (Wildman–Crippen LogP) is 3.46. The van der Waals surface area contributed by atoms with E-state index in [-0.39, 0.29) is 18.9 Å². The highest BCUT2D eigenvalue weighted by atomic mass is 32.2. The summed E-state index contributed by atoms with van der Waals surface area (Å²) in [7, 11) is 0. The highest BCUT2D eigenvalue weighted by molar-refractivity contribution is 7.97. The predicted molar refractivity (Wildman–Crippen MR) is 98.6 cm³/mol. The van der Waals surface area contributed by atoms with Gasteiger partial charge in [0.25, 0.3) is 0 Å². The largest absolute Gasteiger partial charge is 0.456 e. The first-order valence-electron chi connectivity index (χ1n) is 7.96. The number of imidazole rings is 1. The number of fused-ring (bicyclic) bond motifs is 1. The molecular weight excluding hydrogens is 355 g/mol. The lowest BCUT2D eigenvalue weighted by Gasteiger charge is -2.09. The smallest absolute Gasteiger partial charge is 0.326 e. The molecule has 0 radical (unpaired) electrons. The van der Waals surface area contributed by atoms with Crippen molar-refractivity contribution in [1.29, 1.82) is 0 Å². The monoisotopic (exact) mass is 372 g/mol. The van der Waals surface area contributed by atoms with Crippen LogP contribution >= 0.6 is 11.8 Å². The van der Waals surface area contributed by atoms with E-state index in [1.165, 1.54) is 24.3 Å². The van der Waals surface area contributed by atoms with Gasteiger partial charge in [0.15, 0.2) is 12.4 Å². The molecule has 3 aromatic rings. The first-order valence-corrected chi connectivity index (χ1v) is 9.35. The van der Waals surface area contributed by atoms with Crippen LogP contribution in [-0.4, -0.2) is 34.2 Å². The van der Waals surface area contributed by atoms with Gasteiger partial charge in [-0.05, 0) is 42.7 Å². The standard InChI is InChI=1S/C19H17FN2O3S/c1-26-12-18-21-15-4-2-3-5-16(15)22(18)10-19(24)25-11-17(23)13-6-8-14(20)9-7-13/h2-9H,10-12H2,1H3. The van der Waals surface area contributed by atoms with E-state index in [2.05, 4.69) is 4.98 Å². The van der Waals surface area contributed by atoms with Crippen molar-refractivity contribution in [1.82, 2.24) is 9.55 Å². The third-order valence-corrected chi connectivity index (χ3v) is 4.37. The van der Waals surface area contributed by atoms with Crippen LogP contribution in [0.1, 0.15) is 16.2 Å². The Bertz CT molecular complexity index is 938. The van der Waals surface area contributed by atoms with E-state index in [1.54, 1.807) is 16.3 Å². The zero-order chi connectivity index (χ0) is 18.5. The minimum absolute atomic E-state index is 0.0207. The van der Waals surface area contributed by atoms with Gasteiger partial charge in [0.05, 0.1) is 16.8 Å². The van der Waals surface area contributed by atoms with Crippen LogP contribution in [-0.2, 0) is 21.8 Å². The SMILES string of the molecule is CSCc1nc2ccccc2n1CC(=O)OCC(=O)c1ccc(F)cc1. The van der Waals surface area contributed by atoms with Gasteiger partial charge in [0.1, 0.15) is 18.2 Å². The Morgan fingerprint density at radius 2 is 1.88 bits per heavy atom. The highest BCUT2D eigenvalue weighted by Gasteiger charge is 2.15. The van der Waals surface area contributed by atoms with E-state index >= 15 is 0 Å². The number of carbonyl (C=O) groups excluding carboxylic acids is 2. The Labute approximate surface area is 154 Å². The fraction of sp³-hybridized carbons (Fsp3) is 0.211. The molecule has 0 aliphatic heterocycles. The summed E-state index contributed by atoms with van der Waals surface area (Å²) in [6.07, 6.45) is 1.96. The zero-order valence-corrected chi connectivity index (χ0v) is 15.0. The number of nitrogens with zero attached hydrogens (tertiary/aromatic N) is 2. The van der Waals surface area contributed by atoms with E-state index < -0.39 is 11.8 Å². The van der Waals surface area contributed by atoms with Gasteiger partial charge in [0, 0.05) is 5.56 Å². The number of para-hydroxylation sites is 2. The van der Waals surface area contributed by atoms with Crippen molar-refractivity contribution in [3.05, 3.63) is 65.7 Å². The first kappa shape index (κ1) is 18.1. The molecule has 3 rings (SSSR count). The molecule has 0 amide bonds. The molecule has 134 valence electrons. The van der Waals surface area contributed by atoms with Gasteiger partial charge in [-0.3, -0.25) is 9.59 Å². The van der Waals surface area contributed by atoms with Gasteiger partial charge >= 0.3 is 5.97 Å². The van der Waals surface area contributed by atoms with Gasteiger partial charge in [-0.1, -0.05) is 12.1 Å². The second kappa shape index (κ2) is 8.14. The summed E-state index contributed by atoms with van der Waals surface area (Å²) in [5, 5.41) is 0. The van der Waals surface area contributed by atoms with E-state index in [4.69, 9.17) is 4.74 Å². The molecule has 0 saturated carbocycles. The Balaban J connectivity index is 1.68. The van der Waals surface area contributed by atoms with Crippen molar-refractivity contribution < 1.29 is 18.7 Å². The van der Waals surface area contributed by atoms with E-state index in [1.807, 2.05) is 30.5 Å². The van der Waals surface area contributed by atoms with Crippen LogP contribution in [0.25, 0.3) is 11.0 Å². The summed E-state index contributed by atoms with van der Waals surface area (Å²) >= 11 is 1.61. The summed E-state index contributed by atoms with van der Waals surface area (Å²) in [5.74, 6) is 0.118. The molecule has 0 saturated heterocycles. The van der Waals surface area contributed by atoms with Gasteiger partial charge in [-0.25, -0.2) is 9.37 Å². The number of ketones is 1. The average Bonchev–Trinajstić information content (AvgIpc) is 2.98. The van der Waals surface area contributed by atoms with Gasteiger partial charge in [-0.15, -0.1) is 0 Å². The van der Waals surface area contributed by atoms with Crippen molar-refractivity contribution in [3.63, 3.8) is 0 Å². The molecule has 1 heterocycles. The summed E-state index contributed by atoms with van der Waals surface area (Å²) < 4.78 is 19.8.